The number of thioether (sulfide) groups is 1. The number of ether oxygens (including phenoxy) is 1. The van der Waals surface area contributed by atoms with Gasteiger partial charge in [0.05, 0.1) is 12.9 Å². The van der Waals surface area contributed by atoms with Gasteiger partial charge in [-0.15, -0.1) is 11.8 Å². The van der Waals surface area contributed by atoms with Crippen LogP contribution in [0.5, 0.6) is 5.75 Å². The minimum atomic E-state index is -0.0301. The number of hydrogen-bond acceptors (Lipinski definition) is 4. The van der Waals surface area contributed by atoms with Gasteiger partial charge in [-0.3, -0.25) is 9.59 Å². The third kappa shape index (κ3) is 5.86. The first-order valence-electron chi connectivity index (χ1n) is 9.10. The molecule has 0 aliphatic carbocycles. The molecule has 0 radical (unpaired) electrons. The zero-order valence-corrected chi connectivity index (χ0v) is 17.2. The number of amides is 1. The van der Waals surface area contributed by atoms with E-state index in [9.17, 15) is 9.59 Å². The Morgan fingerprint density at radius 1 is 1.19 bits per heavy atom. The number of methoxy groups -OCH3 is 1. The first-order valence-corrected chi connectivity index (χ1v) is 10.3. The maximum absolute atomic E-state index is 12.4. The Morgan fingerprint density at radius 3 is 2.59 bits per heavy atom. The van der Waals surface area contributed by atoms with E-state index in [1.165, 1.54) is 11.8 Å². The van der Waals surface area contributed by atoms with Crippen molar-refractivity contribution in [2.24, 2.45) is 0 Å². The van der Waals surface area contributed by atoms with Gasteiger partial charge in [0, 0.05) is 22.6 Å². The van der Waals surface area contributed by atoms with Crippen molar-refractivity contribution in [3.05, 3.63) is 59.2 Å². The molecular formula is C22H27NO3S. The maximum atomic E-state index is 12.4. The predicted molar refractivity (Wildman–Crippen MR) is 113 cm³/mol. The van der Waals surface area contributed by atoms with Gasteiger partial charge in [-0.25, -0.2) is 0 Å². The topological polar surface area (TPSA) is 55.4 Å². The Kier molecular flexibility index (Phi) is 7.92. The highest BCUT2D eigenvalue weighted by molar-refractivity contribution is 7.99. The molecule has 0 aromatic heterocycles. The molecule has 0 bridgehead atoms. The molecule has 0 aliphatic rings. The number of nitrogens with one attached hydrogen (secondary N) is 1. The Bertz CT molecular complexity index is 804. The summed E-state index contributed by atoms with van der Waals surface area (Å²) in [4.78, 5) is 24.0. The molecule has 2 aromatic rings. The molecule has 1 N–H and O–H groups in total. The van der Waals surface area contributed by atoms with E-state index in [0.717, 1.165) is 29.0 Å². The fourth-order valence-corrected chi connectivity index (χ4v) is 3.62. The van der Waals surface area contributed by atoms with Crippen molar-refractivity contribution in [3.8, 4) is 5.75 Å². The third-order valence-electron chi connectivity index (χ3n) is 4.56. The van der Waals surface area contributed by atoms with Crippen molar-refractivity contribution in [3.63, 3.8) is 0 Å². The van der Waals surface area contributed by atoms with Crippen LogP contribution >= 0.6 is 11.8 Å². The highest BCUT2D eigenvalue weighted by Crippen LogP contribution is 2.27. The second-order valence-electron chi connectivity index (χ2n) is 6.52. The van der Waals surface area contributed by atoms with Crippen molar-refractivity contribution in [1.82, 2.24) is 0 Å². The van der Waals surface area contributed by atoms with E-state index in [2.05, 4.69) is 25.2 Å². The molecule has 144 valence electrons. The van der Waals surface area contributed by atoms with Gasteiger partial charge in [-0.05, 0) is 49.1 Å². The van der Waals surface area contributed by atoms with Crippen LogP contribution < -0.4 is 10.1 Å². The first kappa shape index (κ1) is 21.0. The van der Waals surface area contributed by atoms with Gasteiger partial charge in [0.25, 0.3) is 0 Å². The summed E-state index contributed by atoms with van der Waals surface area (Å²) in [5.74, 6) is 2.05. The lowest BCUT2D eigenvalue weighted by atomic mass is 9.97. The van der Waals surface area contributed by atoms with E-state index in [0.29, 0.717) is 23.0 Å². The van der Waals surface area contributed by atoms with Crippen LogP contribution in [-0.4, -0.2) is 24.6 Å². The molecule has 0 saturated carbocycles. The lowest BCUT2D eigenvalue weighted by Crippen LogP contribution is -2.16. The molecule has 0 spiro atoms. The monoisotopic (exact) mass is 385 g/mol. The third-order valence-corrected chi connectivity index (χ3v) is 5.54. The summed E-state index contributed by atoms with van der Waals surface area (Å²) in [5.41, 5.74) is 3.61. The Balaban J connectivity index is 1.98. The Morgan fingerprint density at radius 2 is 1.93 bits per heavy atom. The summed E-state index contributed by atoms with van der Waals surface area (Å²) in [5, 5.41) is 3.03. The molecular weight excluding hydrogens is 358 g/mol. The smallest absolute Gasteiger partial charge is 0.234 e. The van der Waals surface area contributed by atoms with E-state index >= 15 is 0 Å². The number of rotatable bonds is 9. The number of hydrogen-bond donors (Lipinski definition) is 1. The van der Waals surface area contributed by atoms with Crippen LogP contribution in [0.15, 0.2) is 42.5 Å². The van der Waals surface area contributed by atoms with Crippen molar-refractivity contribution < 1.29 is 14.3 Å². The van der Waals surface area contributed by atoms with Gasteiger partial charge < -0.3 is 10.1 Å². The van der Waals surface area contributed by atoms with Gasteiger partial charge in [-0.1, -0.05) is 32.0 Å². The molecule has 1 amide bonds. The normalized spacial score (nSPS) is 11.7. The summed E-state index contributed by atoms with van der Waals surface area (Å²) in [7, 11) is 1.61. The molecule has 4 nitrogen and oxygen atoms in total. The Labute approximate surface area is 165 Å². The predicted octanol–water partition coefficient (Wildman–Crippen LogP) is 5.28. The van der Waals surface area contributed by atoms with Crippen molar-refractivity contribution >= 4 is 29.1 Å². The van der Waals surface area contributed by atoms with Crippen LogP contribution in [-0.2, 0) is 10.5 Å². The van der Waals surface area contributed by atoms with Crippen molar-refractivity contribution in [1.29, 1.82) is 0 Å². The molecule has 0 unspecified atom stereocenters. The van der Waals surface area contributed by atoms with E-state index in [4.69, 9.17) is 4.74 Å². The fourth-order valence-electron chi connectivity index (χ4n) is 2.81. The van der Waals surface area contributed by atoms with E-state index in [1.807, 2.05) is 24.3 Å². The Hall–Kier alpha value is -2.27. The molecule has 0 heterocycles. The second kappa shape index (κ2) is 10.2. The first-order chi connectivity index (χ1) is 13.0. The zero-order valence-electron chi connectivity index (χ0n) is 16.4. The minimum absolute atomic E-state index is 0.0169. The standard InChI is InChI=1S/C22H27NO3S/c1-5-15(2)19-8-6-7-9-20(19)23-22(25)14-27-13-18-12-17(16(3)24)10-11-21(18)26-4/h6-12,15H,5,13-14H2,1-4H3,(H,23,25)/t15-/m1/s1. The van der Waals surface area contributed by atoms with Crippen LogP contribution in [0.25, 0.3) is 0 Å². The number of anilines is 1. The van der Waals surface area contributed by atoms with Crippen molar-refractivity contribution in [2.75, 3.05) is 18.2 Å². The van der Waals surface area contributed by atoms with Crippen LogP contribution in [0.4, 0.5) is 5.69 Å². The van der Waals surface area contributed by atoms with Crippen LogP contribution in [0.2, 0.25) is 0 Å². The molecule has 0 saturated heterocycles. The fraction of sp³-hybridized carbons (Fsp3) is 0.364. The number of carbonyl (C=O) groups is 2. The number of carbonyl (C=O) groups excluding carboxylic acids is 2. The summed E-state index contributed by atoms with van der Waals surface area (Å²) in [6, 6.07) is 13.3. The van der Waals surface area contributed by atoms with Gasteiger partial charge in [-0.2, -0.15) is 0 Å². The highest BCUT2D eigenvalue weighted by Gasteiger charge is 2.12. The minimum Gasteiger partial charge on any atom is -0.496 e. The summed E-state index contributed by atoms with van der Waals surface area (Å²) in [6.45, 7) is 5.84. The molecule has 2 aromatic carbocycles. The molecule has 5 heteroatoms. The zero-order chi connectivity index (χ0) is 19.8. The van der Waals surface area contributed by atoms with Gasteiger partial charge in [0.1, 0.15) is 5.75 Å². The molecule has 0 aliphatic heterocycles. The summed E-state index contributed by atoms with van der Waals surface area (Å²) >= 11 is 1.50. The molecule has 2 rings (SSSR count). The number of para-hydroxylation sites is 1. The average molecular weight is 386 g/mol. The quantitative estimate of drug-likeness (QED) is 0.597. The van der Waals surface area contributed by atoms with Crippen LogP contribution in [0.1, 0.15) is 54.6 Å². The van der Waals surface area contributed by atoms with Gasteiger partial charge >= 0.3 is 0 Å². The molecule has 1 atom stereocenters. The largest absolute Gasteiger partial charge is 0.496 e. The summed E-state index contributed by atoms with van der Waals surface area (Å²) < 4.78 is 5.36. The maximum Gasteiger partial charge on any atom is 0.234 e. The highest BCUT2D eigenvalue weighted by atomic mass is 32.2. The van der Waals surface area contributed by atoms with Crippen LogP contribution in [0, 0.1) is 0 Å². The van der Waals surface area contributed by atoms with Gasteiger partial charge in [0.2, 0.25) is 5.91 Å². The van der Waals surface area contributed by atoms with E-state index < -0.39 is 0 Å². The number of benzene rings is 2. The number of Topliss-reactive ketones (excluding diaryl/α,β-unsaturated/α-hetero) is 1. The second-order valence-corrected chi connectivity index (χ2v) is 7.51. The summed E-state index contributed by atoms with van der Waals surface area (Å²) in [6.07, 6.45) is 1.02. The van der Waals surface area contributed by atoms with Gasteiger partial charge in [0.15, 0.2) is 5.78 Å². The number of ketones is 1. The van der Waals surface area contributed by atoms with Crippen LogP contribution in [0.3, 0.4) is 0 Å². The average Bonchev–Trinajstić information content (AvgIpc) is 2.67. The molecule has 0 fully saturated rings. The lowest BCUT2D eigenvalue weighted by molar-refractivity contribution is -0.113. The van der Waals surface area contributed by atoms with Crippen molar-refractivity contribution in [2.45, 2.75) is 38.9 Å². The van der Waals surface area contributed by atoms with E-state index in [-0.39, 0.29) is 11.7 Å². The van der Waals surface area contributed by atoms with E-state index in [1.54, 1.807) is 26.2 Å². The SMILES string of the molecule is CC[C@@H](C)c1ccccc1NC(=O)CSCc1cc(C(C)=O)ccc1OC. The lowest BCUT2D eigenvalue weighted by Gasteiger charge is -2.15. The molecule has 27 heavy (non-hydrogen) atoms.